The van der Waals surface area contributed by atoms with Crippen molar-refractivity contribution in [2.45, 2.75) is 26.3 Å². The zero-order chi connectivity index (χ0) is 12.5. The summed E-state index contributed by atoms with van der Waals surface area (Å²) in [6.45, 7) is 2.70. The zero-order valence-electron chi connectivity index (χ0n) is 9.64. The van der Waals surface area contributed by atoms with Crippen LogP contribution in [0.3, 0.4) is 0 Å². The fourth-order valence-electron chi connectivity index (χ4n) is 1.69. The number of carboxylic acids is 1. The molecule has 6 nitrogen and oxygen atoms in total. The molecule has 1 aliphatic carbocycles. The monoisotopic (exact) mass is 237 g/mol. The molecule has 0 unspecified atom stereocenters. The third kappa shape index (κ3) is 2.15. The first-order valence-corrected chi connectivity index (χ1v) is 5.62. The summed E-state index contributed by atoms with van der Waals surface area (Å²) in [6.07, 6.45) is 4.46. The number of hydrogen-bond donors (Lipinski definition) is 2. The highest BCUT2D eigenvalue weighted by molar-refractivity contribution is 5.78. The zero-order valence-corrected chi connectivity index (χ0v) is 9.64. The van der Waals surface area contributed by atoms with Crippen molar-refractivity contribution < 1.29 is 9.90 Å². The van der Waals surface area contributed by atoms with Gasteiger partial charge in [-0.25, -0.2) is 4.98 Å². The first kappa shape index (κ1) is 11.6. The molecule has 0 spiro atoms. The maximum Gasteiger partial charge on any atom is 0.311 e. The van der Waals surface area contributed by atoms with Crippen molar-refractivity contribution in [3.8, 4) is 0 Å². The number of nitrogens with one attached hydrogen (secondary N) is 1. The second-order valence-corrected chi connectivity index (χ2v) is 4.31. The van der Waals surface area contributed by atoms with Crippen LogP contribution >= 0.6 is 0 Å². The van der Waals surface area contributed by atoms with Gasteiger partial charge in [0, 0.05) is 25.5 Å². The summed E-state index contributed by atoms with van der Waals surface area (Å²) >= 11 is 0. The van der Waals surface area contributed by atoms with Gasteiger partial charge in [0.25, 0.3) is 5.56 Å². The number of aromatic nitrogens is 2. The van der Waals surface area contributed by atoms with Gasteiger partial charge in [-0.05, 0) is 19.8 Å². The van der Waals surface area contributed by atoms with Gasteiger partial charge in [0.1, 0.15) is 0 Å². The molecule has 1 saturated carbocycles. The largest absolute Gasteiger partial charge is 0.481 e. The summed E-state index contributed by atoms with van der Waals surface area (Å²) in [5, 5.41) is 11.9. The SMILES string of the molecule is CCn1ccnc(NCC2(C(=O)O)CC2)c1=O. The van der Waals surface area contributed by atoms with Gasteiger partial charge in [0.15, 0.2) is 5.82 Å². The molecule has 17 heavy (non-hydrogen) atoms. The molecule has 1 fully saturated rings. The van der Waals surface area contributed by atoms with Crippen LogP contribution in [-0.4, -0.2) is 27.2 Å². The maximum absolute atomic E-state index is 11.8. The third-order valence-corrected chi connectivity index (χ3v) is 3.16. The fourth-order valence-corrected chi connectivity index (χ4v) is 1.69. The van der Waals surface area contributed by atoms with Gasteiger partial charge in [0.05, 0.1) is 5.41 Å². The van der Waals surface area contributed by atoms with Gasteiger partial charge in [0.2, 0.25) is 0 Å². The van der Waals surface area contributed by atoms with Crippen LogP contribution in [0, 0.1) is 5.41 Å². The Morgan fingerprint density at radius 1 is 1.65 bits per heavy atom. The highest BCUT2D eigenvalue weighted by Crippen LogP contribution is 2.45. The molecule has 0 bridgehead atoms. The van der Waals surface area contributed by atoms with E-state index in [1.54, 1.807) is 6.20 Å². The predicted molar refractivity (Wildman–Crippen MR) is 62.0 cm³/mol. The molecule has 1 aromatic rings. The van der Waals surface area contributed by atoms with E-state index in [-0.39, 0.29) is 17.9 Å². The van der Waals surface area contributed by atoms with E-state index >= 15 is 0 Å². The van der Waals surface area contributed by atoms with Crippen LogP contribution in [0.4, 0.5) is 5.82 Å². The lowest BCUT2D eigenvalue weighted by Gasteiger charge is -2.11. The fraction of sp³-hybridized carbons (Fsp3) is 0.545. The van der Waals surface area contributed by atoms with Crippen LogP contribution in [0.2, 0.25) is 0 Å². The summed E-state index contributed by atoms with van der Waals surface area (Å²) in [7, 11) is 0. The average Bonchev–Trinajstić information content (AvgIpc) is 3.09. The van der Waals surface area contributed by atoms with E-state index in [4.69, 9.17) is 5.11 Å². The first-order chi connectivity index (χ1) is 8.09. The Balaban J connectivity index is 2.10. The van der Waals surface area contributed by atoms with Crippen LogP contribution < -0.4 is 10.9 Å². The van der Waals surface area contributed by atoms with Crippen molar-refractivity contribution in [2.24, 2.45) is 5.41 Å². The Hall–Kier alpha value is -1.85. The highest BCUT2D eigenvalue weighted by atomic mass is 16.4. The summed E-state index contributed by atoms with van der Waals surface area (Å²) in [4.78, 5) is 26.7. The number of hydrogen-bond acceptors (Lipinski definition) is 4. The number of anilines is 1. The minimum Gasteiger partial charge on any atom is -0.481 e. The van der Waals surface area contributed by atoms with E-state index in [0.29, 0.717) is 19.4 Å². The second-order valence-electron chi connectivity index (χ2n) is 4.31. The minimum atomic E-state index is -0.809. The van der Waals surface area contributed by atoms with Crippen LogP contribution in [0.5, 0.6) is 0 Å². The molecule has 0 atom stereocenters. The Morgan fingerprint density at radius 3 is 2.88 bits per heavy atom. The molecule has 2 N–H and O–H groups in total. The first-order valence-electron chi connectivity index (χ1n) is 5.62. The molecule has 6 heteroatoms. The number of carbonyl (C=O) groups is 1. The molecule has 0 saturated heterocycles. The van der Waals surface area contributed by atoms with Crippen molar-refractivity contribution in [3.05, 3.63) is 22.7 Å². The summed E-state index contributed by atoms with van der Waals surface area (Å²) in [5.41, 5.74) is -0.905. The molecule has 0 aromatic carbocycles. The normalized spacial score (nSPS) is 16.5. The molecule has 1 aliphatic rings. The van der Waals surface area contributed by atoms with E-state index in [1.165, 1.54) is 10.8 Å². The molecule has 2 rings (SSSR count). The van der Waals surface area contributed by atoms with E-state index < -0.39 is 11.4 Å². The number of nitrogens with zero attached hydrogens (tertiary/aromatic N) is 2. The number of carboxylic acid groups (broad SMARTS) is 1. The van der Waals surface area contributed by atoms with Crippen molar-refractivity contribution in [1.29, 1.82) is 0 Å². The van der Waals surface area contributed by atoms with Gasteiger partial charge < -0.3 is 15.0 Å². The Labute approximate surface area is 98.3 Å². The van der Waals surface area contributed by atoms with Crippen molar-refractivity contribution in [3.63, 3.8) is 0 Å². The number of rotatable bonds is 5. The molecular weight excluding hydrogens is 222 g/mol. The quantitative estimate of drug-likeness (QED) is 0.780. The van der Waals surface area contributed by atoms with Gasteiger partial charge in [-0.3, -0.25) is 9.59 Å². The third-order valence-electron chi connectivity index (χ3n) is 3.16. The topological polar surface area (TPSA) is 84.2 Å². The van der Waals surface area contributed by atoms with Crippen LogP contribution in [-0.2, 0) is 11.3 Å². The standard InChI is InChI=1S/C11H15N3O3/c1-2-14-6-5-12-8(9(14)15)13-7-11(3-4-11)10(16)17/h5-6H,2-4,7H2,1H3,(H,12,13)(H,16,17). The summed E-state index contributed by atoms with van der Waals surface area (Å²) in [6, 6.07) is 0. The Morgan fingerprint density at radius 2 is 2.35 bits per heavy atom. The van der Waals surface area contributed by atoms with Gasteiger partial charge in [-0.1, -0.05) is 0 Å². The highest BCUT2D eigenvalue weighted by Gasteiger charge is 2.50. The molecular formula is C11H15N3O3. The lowest BCUT2D eigenvalue weighted by Crippen LogP contribution is -2.29. The number of aryl methyl sites for hydroxylation is 1. The summed E-state index contributed by atoms with van der Waals surface area (Å²) < 4.78 is 1.52. The average molecular weight is 237 g/mol. The summed E-state index contributed by atoms with van der Waals surface area (Å²) in [5.74, 6) is -0.585. The smallest absolute Gasteiger partial charge is 0.311 e. The van der Waals surface area contributed by atoms with Gasteiger partial charge in [-0.2, -0.15) is 0 Å². The van der Waals surface area contributed by atoms with E-state index in [9.17, 15) is 9.59 Å². The van der Waals surface area contributed by atoms with Crippen LogP contribution in [0.25, 0.3) is 0 Å². The predicted octanol–water partition coefficient (Wildman–Crippen LogP) is 0.540. The molecule has 0 radical (unpaired) electrons. The molecule has 1 heterocycles. The van der Waals surface area contributed by atoms with Crippen molar-refractivity contribution >= 4 is 11.8 Å². The van der Waals surface area contributed by atoms with Gasteiger partial charge >= 0.3 is 5.97 Å². The van der Waals surface area contributed by atoms with Gasteiger partial charge in [-0.15, -0.1) is 0 Å². The van der Waals surface area contributed by atoms with Crippen LogP contribution in [0.1, 0.15) is 19.8 Å². The Kier molecular flexibility index (Phi) is 2.87. The molecule has 0 aliphatic heterocycles. The number of aliphatic carboxylic acids is 1. The van der Waals surface area contributed by atoms with Crippen molar-refractivity contribution in [1.82, 2.24) is 9.55 Å². The lowest BCUT2D eigenvalue weighted by atomic mass is 10.1. The van der Waals surface area contributed by atoms with E-state index in [2.05, 4.69) is 10.3 Å². The van der Waals surface area contributed by atoms with Crippen molar-refractivity contribution in [2.75, 3.05) is 11.9 Å². The molecule has 92 valence electrons. The van der Waals surface area contributed by atoms with Crippen LogP contribution in [0.15, 0.2) is 17.2 Å². The molecule has 0 amide bonds. The second kappa shape index (κ2) is 4.20. The minimum absolute atomic E-state index is 0.212. The van der Waals surface area contributed by atoms with E-state index in [0.717, 1.165) is 0 Å². The lowest BCUT2D eigenvalue weighted by molar-refractivity contribution is -0.142. The Bertz CT molecular complexity index is 491. The maximum atomic E-state index is 11.8. The van der Waals surface area contributed by atoms with E-state index in [1.807, 2.05) is 6.92 Å². The molecule has 1 aromatic heterocycles.